The number of alkyl halides is 3. The summed E-state index contributed by atoms with van der Waals surface area (Å²) in [5, 5.41) is 28.9. The standard InChI is InChI=1S/C39H44ClF3N6O6.C8H9BrN2O2/c1-38(2,37-45-19-33(55-37)26-15-27(40)18-44-17-26)49-13-12-48(30(21-49)36(53)46-23-39(41,42)43)20-28(50)16-25(14-24-8-4-3-5-9-24)35(52)47-34-29-10-6-7-11-32(29)54-22-31(34)51;1-11(13-2)8(12)6-3-7(9)5-10-4-6/h3-11,15,17-19,25,28,30-31,34,50-51H,12-14,16,20-23H2,1-2H3,(H,46,53)(H,47,52);3-5H,1-2H3/t25-,28+,30+,31-,34+;/m1./s1. The summed E-state index contributed by atoms with van der Waals surface area (Å²) in [6, 6.07) is 17.9. The molecule has 0 saturated carbocycles. The van der Waals surface area contributed by atoms with Gasteiger partial charge in [0.15, 0.2) is 5.76 Å². The number of carbonyl (C=O) groups is 3. The van der Waals surface area contributed by atoms with E-state index >= 15 is 0 Å². The molecule has 4 N–H and O–H groups in total. The Morgan fingerprint density at radius 2 is 1.74 bits per heavy atom. The average molecular weight is 1030 g/mol. The number of nitrogens with zero attached hydrogens (tertiary/aromatic N) is 6. The summed E-state index contributed by atoms with van der Waals surface area (Å²) in [4.78, 5) is 59.6. The highest BCUT2D eigenvalue weighted by Crippen LogP contribution is 2.35. The van der Waals surface area contributed by atoms with E-state index in [-0.39, 0.29) is 45.0 Å². The summed E-state index contributed by atoms with van der Waals surface area (Å²) < 4.78 is 52.2. The highest BCUT2D eigenvalue weighted by molar-refractivity contribution is 9.10. The maximum absolute atomic E-state index is 14.0. The van der Waals surface area contributed by atoms with Gasteiger partial charge in [-0.05, 0) is 66.4 Å². The van der Waals surface area contributed by atoms with Gasteiger partial charge in [0.1, 0.15) is 31.0 Å². The zero-order chi connectivity index (χ0) is 49.2. The van der Waals surface area contributed by atoms with E-state index in [2.05, 4.69) is 36.2 Å². The maximum atomic E-state index is 14.0. The number of halogens is 5. The molecule has 7 rings (SSSR count). The van der Waals surface area contributed by atoms with Crippen LogP contribution in [0.3, 0.4) is 0 Å². The lowest BCUT2D eigenvalue weighted by molar-refractivity contribution is -0.144. The molecule has 0 bridgehead atoms. The molecule has 5 heterocycles. The number of nitrogens with one attached hydrogen (secondary N) is 2. The van der Waals surface area contributed by atoms with Crippen molar-refractivity contribution in [2.75, 3.05) is 53.5 Å². The topological polar surface area (TPSA) is 196 Å². The predicted molar refractivity (Wildman–Crippen MR) is 248 cm³/mol. The predicted octanol–water partition coefficient (Wildman–Crippen LogP) is 5.99. The molecule has 2 aliphatic rings. The number of rotatable bonds is 15. The van der Waals surface area contributed by atoms with Crippen molar-refractivity contribution in [3.8, 4) is 17.1 Å². The quantitative estimate of drug-likeness (QED) is 0.0895. The molecular formula is C47H53BrClF3N8O8. The van der Waals surface area contributed by atoms with Gasteiger partial charge in [-0.15, -0.1) is 0 Å². The molecule has 16 nitrogen and oxygen atoms in total. The first kappa shape index (κ1) is 51.9. The van der Waals surface area contributed by atoms with Gasteiger partial charge in [0.2, 0.25) is 17.7 Å². The fourth-order valence-corrected chi connectivity index (χ4v) is 8.45. The van der Waals surface area contributed by atoms with Crippen LogP contribution >= 0.6 is 27.5 Å². The third-order valence-corrected chi connectivity index (χ3v) is 12.3. The van der Waals surface area contributed by atoms with Gasteiger partial charge in [0, 0.05) is 79.5 Å². The molecule has 3 amide bonds. The minimum Gasteiger partial charge on any atom is -0.490 e. The first-order valence-electron chi connectivity index (χ1n) is 21.6. The number of hydroxylamine groups is 2. The van der Waals surface area contributed by atoms with Crippen molar-refractivity contribution in [3.05, 3.63) is 130 Å². The summed E-state index contributed by atoms with van der Waals surface area (Å²) in [6.07, 6.45) is 1.17. The Labute approximate surface area is 404 Å². The second-order valence-electron chi connectivity index (χ2n) is 16.8. The molecule has 5 atom stereocenters. The lowest BCUT2D eigenvalue weighted by atomic mass is 9.90. The summed E-state index contributed by atoms with van der Waals surface area (Å²) >= 11 is 9.33. The molecule has 1 saturated heterocycles. The van der Waals surface area contributed by atoms with Gasteiger partial charge in [0.25, 0.3) is 5.91 Å². The molecule has 2 aliphatic heterocycles. The van der Waals surface area contributed by atoms with Crippen LogP contribution in [0.2, 0.25) is 5.02 Å². The van der Waals surface area contributed by atoms with Gasteiger partial charge < -0.3 is 30.0 Å². The van der Waals surface area contributed by atoms with Crippen molar-refractivity contribution in [3.63, 3.8) is 0 Å². The van der Waals surface area contributed by atoms with Gasteiger partial charge in [-0.25, -0.2) is 10.0 Å². The summed E-state index contributed by atoms with van der Waals surface area (Å²) in [5.74, 6) is -0.942. The highest BCUT2D eigenvalue weighted by atomic mass is 79.9. The van der Waals surface area contributed by atoms with Crippen LogP contribution in [-0.2, 0) is 26.4 Å². The number of fused-ring (bicyclic) bond motifs is 1. The zero-order valence-electron chi connectivity index (χ0n) is 37.7. The van der Waals surface area contributed by atoms with Crippen LogP contribution in [0.4, 0.5) is 13.2 Å². The monoisotopic (exact) mass is 1030 g/mol. The largest absolute Gasteiger partial charge is 0.490 e. The Hall–Kier alpha value is -5.48. The van der Waals surface area contributed by atoms with Gasteiger partial charge in [-0.3, -0.25) is 39.0 Å². The molecule has 0 aliphatic carbocycles. The summed E-state index contributed by atoms with van der Waals surface area (Å²) in [6.45, 7) is 2.62. The number of carbonyl (C=O) groups excluding carboxylic acids is 3. The molecule has 68 heavy (non-hydrogen) atoms. The zero-order valence-corrected chi connectivity index (χ0v) is 40.0. The number of oxazole rings is 1. The molecule has 0 radical (unpaired) electrons. The minimum atomic E-state index is -4.63. The Morgan fingerprint density at radius 1 is 1.01 bits per heavy atom. The van der Waals surface area contributed by atoms with E-state index in [0.29, 0.717) is 45.7 Å². The number of hydrogen-bond donors (Lipinski definition) is 4. The van der Waals surface area contributed by atoms with E-state index < -0.39 is 60.3 Å². The van der Waals surface area contributed by atoms with Crippen LogP contribution in [0.25, 0.3) is 11.3 Å². The second-order valence-corrected chi connectivity index (χ2v) is 18.2. The number of para-hydroxylation sites is 1. The fraction of sp³-hybridized carbons (Fsp3) is 0.404. The average Bonchev–Trinajstić information content (AvgIpc) is 3.83. The van der Waals surface area contributed by atoms with Crippen molar-refractivity contribution in [1.29, 1.82) is 0 Å². The van der Waals surface area contributed by atoms with E-state index in [1.54, 1.807) is 60.7 Å². The SMILES string of the molecule is CC(C)(c1ncc(-c2cncc(Cl)c2)o1)N1CCN(C[C@@H](O)C[C@@H](Cc2ccccc2)C(=O)N[C@H]2c3ccccc3OC[C@H]2O)[C@H](C(=O)NCC(F)(F)F)C1.CON(C)C(=O)c1cncc(Br)c1. The van der Waals surface area contributed by atoms with Crippen molar-refractivity contribution in [1.82, 2.24) is 40.4 Å². The Morgan fingerprint density at radius 3 is 2.44 bits per heavy atom. The van der Waals surface area contributed by atoms with Crippen LogP contribution in [0.1, 0.15) is 53.7 Å². The molecule has 1 fully saturated rings. The molecule has 3 aromatic heterocycles. The third-order valence-electron chi connectivity index (χ3n) is 11.6. The molecule has 5 aromatic rings. The molecule has 364 valence electrons. The van der Waals surface area contributed by atoms with Crippen LogP contribution in [0.15, 0.2) is 107 Å². The minimum absolute atomic E-state index is 0.00514. The van der Waals surface area contributed by atoms with Crippen molar-refractivity contribution in [2.45, 2.75) is 62.7 Å². The highest BCUT2D eigenvalue weighted by Gasteiger charge is 2.43. The number of piperazine rings is 1. The second kappa shape index (κ2) is 23.2. The normalized spacial score (nSPS) is 18.5. The van der Waals surface area contributed by atoms with Crippen molar-refractivity contribution >= 4 is 45.3 Å². The lowest BCUT2D eigenvalue weighted by Gasteiger charge is -2.46. The van der Waals surface area contributed by atoms with E-state index in [0.717, 1.165) is 15.1 Å². The molecular weight excluding hydrogens is 977 g/mol. The van der Waals surface area contributed by atoms with Gasteiger partial charge in [0.05, 0.1) is 41.6 Å². The number of benzene rings is 2. The van der Waals surface area contributed by atoms with Crippen LogP contribution in [0, 0.1) is 5.92 Å². The summed E-state index contributed by atoms with van der Waals surface area (Å²) in [7, 11) is 2.98. The Balaban J connectivity index is 0.000000506. The first-order chi connectivity index (χ1) is 32.3. The third kappa shape index (κ3) is 13.8. The maximum Gasteiger partial charge on any atom is 0.405 e. The Bertz CT molecular complexity index is 2490. The number of hydrogen-bond acceptors (Lipinski definition) is 13. The molecule has 21 heteroatoms. The molecule has 2 aromatic carbocycles. The number of aromatic nitrogens is 3. The van der Waals surface area contributed by atoms with Crippen molar-refractivity contribution < 1.29 is 51.8 Å². The number of β-amino-alcohol motifs (C(OH)–C–C–N with tert-alkyl or cyclic N) is 1. The van der Waals surface area contributed by atoms with Crippen molar-refractivity contribution in [2.24, 2.45) is 5.92 Å². The number of ether oxygens (including phenoxy) is 1. The van der Waals surface area contributed by atoms with Gasteiger partial charge >= 0.3 is 6.18 Å². The lowest BCUT2D eigenvalue weighted by Crippen LogP contribution is -2.63. The van der Waals surface area contributed by atoms with E-state index in [1.807, 2.05) is 54.4 Å². The van der Waals surface area contributed by atoms with E-state index in [1.165, 1.54) is 25.7 Å². The molecule has 0 spiro atoms. The Kier molecular flexibility index (Phi) is 17.7. The smallest absolute Gasteiger partial charge is 0.405 e. The van der Waals surface area contributed by atoms with Crippen LogP contribution in [0.5, 0.6) is 5.75 Å². The van der Waals surface area contributed by atoms with E-state index in [4.69, 9.17) is 25.6 Å². The number of aliphatic hydroxyl groups is 2. The van der Waals surface area contributed by atoms with Gasteiger partial charge in [-0.2, -0.15) is 13.2 Å². The van der Waals surface area contributed by atoms with Crippen LogP contribution in [-0.4, -0.2) is 136 Å². The fourth-order valence-electron chi connectivity index (χ4n) is 7.91. The number of pyridine rings is 2. The van der Waals surface area contributed by atoms with E-state index in [9.17, 15) is 37.8 Å². The number of aliphatic hydroxyl groups excluding tert-OH is 2. The first-order valence-corrected chi connectivity index (χ1v) is 22.8. The molecule has 0 unspecified atom stereocenters. The van der Waals surface area contributed by atoms with Crippen LogP contribution < -0.4 is 15.4 Å². The summed E-state index contributed by atoms with van der Waals surface area (Å²) in [5.41, 5.74) is 1.68. The van der Waals surface area contributed by atoms with Gasteiger partial charge in [-0.1, -0.05) is 60.1 Å². The number of amides is 3.